The fourth-order valence-electron chi connectivity index (χ4n) is 1.86. The molecule has 0 saturated heterocycles. The first kappa shape index (κ1) is 17.5. The Hall–Kier alpha value is -1.56. The van der Waals surface area contributed by atoms with Crippen LogP contribution in [0, 0.1) is 0 Å². The Balaban J connectivity index is 3.04. The van der Waals surface area contributed by atoms with Gasteiger partial charge in [-0.25, -0.2) is 0 Å². The van der Waals surface area contributed by atoms with Crippen LogP contribution in [0.2, 0.25) is 0 Å². The number of benzene rings is 1. The number of alkyl halides is 3. The van der Waals surface area contributed by atoms with E-state index in [1.807, 2.05) is 0 Å². The molecule has 0 heterocycles. The maximum atomic E-state index is 12.7. The molecule has 21 heavy (non-hydrogen) atoms. The van der Waals surface area contributed by atoms with Crippen LogP contribution in [0.1, 0.15) is 38.3 Å². The molecule has 0 aromatic heterocycles. The third-order valence-corrected chi connectivity index (χ3v) is 3.53. The van der Waals surface area contributed by atoms with Crippen molar-refractivity contribution in [1.82, 2.24) is 5.32 Å². The van der Waals surface area contributed by atoms with Crippen LogP contribution < -0.4 is 5.32 Å². The van der Waals surface area contributed by atoms with Crippen LogP contribution in [-0.2, 0) is 16.4 Å². The van der Waals surface area contributed by atoms with Gasteiger partial charge in [0.1, 0.15) is 0 Å². The third kappa shape index (κ3) is 4.20. The van der Waals surface area contributed by atoms with Crippen LogP contribution in [0.15, 0.2) is 24.3 Å². The molecule has 0 spiro atoms. The molecule has 1 atom stereocenters. The Labute approximate surface area is 122 Å². The summed E-state index contributed by atoms with van der Waals surface area (Å²) in [4.78, 5) is 12.3. The average Bonchev–Trinajstić information content (AvgIpc) is 2.43. The van der Waals surface area contributed by atoms with E-state index >= 15 is 0 Å². The largest absolute Gasteiger partial charge is 0.416 e. The van der Waals surface area contributed by atoms with Crippen molar-refractivity contribution in [3.8, 4) is 0 Å². The van der Waals surface area contributed by atoms with Gasteiger partial charge in [-0.3, -0.25) is 4.79 Å². The van der Waals surface area contributed by atoms with E-state index in [0.29, 0.717) is 6.42 Å². The Morgan fingerprint density at radius 1 is 1.29 bits per heavy atom. The van der Waals surface area contributed by atoms with E-state index in [2.05, 4.69) is 5.32 Å². The molecule has 0 saturated carbocycles. The molecule has 1 amide bonds. The molecule has 0 aliphatic carbocycles. The summed E-state index contributed by atoms with van der Waals surface area (Å²) < 4.78 is 38.2. The molecule has 0 fully saturated rings. The first-order chi connectivity index (χ1) is 9.62. The van der Waals surface area contributed by atoms with E-state index in [1.165, 1.54) is 12.1 Å². The van der Waals surface area contributed by atoms with Crippen molar-refractivity contribution in [2.75, 3.05) is 6.61 Å². The van der Waals surface area contributed by atoms with Gasteiger partial charge in [-0.2, -0.15) is 13.2 Å². The normalized spacial score (nSPS) is 13.9. The van der Waals surface area contributed by atoms with Gasteiger partial charge >= 0.3 is 6.18 Å². The van der Waals surface area contributed by atoms with Gasteiger partial charge in [-0.1, -0.05) is 25.1 Å². The minimum atomic E-state index is -4.44. The van der Waals surface area contributed by atoms with E-state index in [-0.39, 0.29) is 12.2 Å². The summed E-state index contributed by atoms with van der Waals surface area (Å²) in [5, 5.41) is 11.7. The summed E-state index contributed by atoms with van der Waals surface area (Å²) >= 11 is 0. The zero-order valence-corrected chi connectivity index (χ0v) is 12.3. The van der Waals surface area contributed by atoms with Crippen molar-refractivity contribution in [3.05, 3.63) is 35.4 Å². The first-order valence-corrected chi connectivity index (χ1v) is 6.72. The van der Waals surface area contributed by atoms with Crippen molar-refractivity contribution in [3.63, 3.8) is 0 Å². The lowest BCUT2D eigenvalue weighted by Gasteiger charge is -2.27. The number of aliphatic hydroxyl groups is 1. The molecule has 6 heteroatoms. The summed E-state index contributed by atoms with van der Waals surface area (Å²) in [6.07, 6.45) is -3.90. The summed E-state index contributed by atoms with van der Waals surface area (Å²) in [5.41, 5.74) is -1.62. The summed E-state index contributed by atoms with van der Waals surface area (Å²) in [6, 6.07) is 4.34. The average molecular weight is 303 g/mol. The van der Waals surface area contributed by atoms with Crippen LogP contribution >= 0.6 is 0 Å². The predicted octanol–water partition coefficient (Wildman–Crippen LogP) is 2.87. The molecule has 1 unspecified atom stereocenters. The molecule has 2 N–H and O–H groups in total. The van der Waals surface area contributed by atoms with Gasteiger partial charge in [0.15, 0.2) is 0 Å². The van der Waals surface area contributed by atoms with Crippen molar-refractivity contribution in [1.29, 1.82) is 0 Å². The van der Waals surface area contributed by atoms with Crippen LogP contribution in [0.25, 0.3) is 0 Å². The summed E-state index contributed by atoms with van der Waals surface area (Å²) in [5.74, 6) is -0.414. The first-order valence-electron chi connectivity index (χ1n) is 6.72. The second-order valence-electron chi connectivity index (χ2n) is 5.46. The number of rotatable bonds is 5. The highest BCUT2D eigenvalue weighted by atomic mass is 19.4. The number of aliphatic hydroxyl groups excluding tert-OH is 1. The second kappa shape index (κ2) is 6.47. The number of carbonyl (C=O) groups excluding carboxylic acids is 1. The fourth-order valence-corrected chi connectivity index (χ4v) is 1.86. The molecule has 118 valence electrons. The third-order valence-electron chi connectivity index (χ3n) is 3.53. The van der Waals surface area contributed by atoms with Crippen LogP contribution in [0.3, 0.4) is 0 Å². The van der Waals surface area contributed by atoms with Gasteiger partial charge in [-0.05, 0) is 31.9 Å². The molecule has 1 aromatic carbocycles. The fraction of sp³-hybridized carbons (Fsp3) is 0.533. The topological polar surface area (TPSA) is 49.3 Å². The lowest BCUT2D eigenvalue weighted by Crippen LogP contribution is -2.46. The lowest BCUT2D eigenvalue weighted by molar-refractivity contribution is -0.138. The molecule has 0 bridgehead atoms. The van der Waals surface area contributed by atoms with Crippen LogP contribution in [-0.4, -0.2) is 23.7 Å². The standard InChI is InChI=1S/C15H20F3NO2/c1-4-12(9-20)19-13(21)14(2,3)10-6-5-7-11(8-10)15(16,17)18/h5-8,12,20H,4,9H2,1-3H3,(H,19,21). The molecule has 1 aromatic rings. The van der Waals surface area contributed by atoms with Crippen LogP contribution in [0.5, 0.6) is 0 Å². The Morgan fingerprint density at radius 2 is 1.86 bits per heavy atom. The van der Waals surface area contributed by atoms with Crippen molar-refractivity contribution < 1.29 is 23.1 Å². The van der Waals surface area contributed by atoms with Gasteiger partial charge in [0.25, 0.3) is 0 Å². The number of nitrogens with one attached hydrogen (secondary N) is 1. The number of halogens is 3. The number of amides is 1. The molecular weight excluding hydrogens is 283 g/mol. The molecule has 0 aliphatic heterocycles. The Bertz CT molecular complexity index is 494. The smallest absolute Gasteiger partial charge is 0.394 e. The maximum Gasteiger partial charge on any atom is 0.416 e. The molecule has 0 aliphatic rings. The molecule has 3 nitrogen and oxygen atoms in total. The SMILES string of the molecule is CCC(CO)NC(=O)C(C)(C)c1cccc(C(F)(F)F)c1. The van der Waals surface area contributed by atoms with Crippen molar-refractivity contribution in [2.45, 2.75) is 44.8 Å². The van der Waals surface area contributed by atoms with Crippen molar-refractivity contribution in [2.24, 2.45) is 0 Å². The van der Waals surface area contributed by atoms with Gasteiger partial charge in [0, 0.05) is 0 Å². The van der Waals surface area contributed by atoms with Gasteiger partial charge in [0.2, 0.25) is 5.91 Å². The zero-order valence-electron chi connectivity index (χ0n) is 12.3. The van der Waals surface area contributed by atoms with Gasteiger partial charge in [0.05, 0.1) is 23.6 Å². The number of hydrogen-bond acceptors (Lipinski definition) is 2. The van der Waals surface area contributed by atoms with Gasteiger partial charge in [-0.15, -0.1) is 0 Å². The molecule has 0 radical (unpaired) electrons. The minimum absolute atomic E-state index is 0.207. The number of carbonyl (C=O) groups is 1. The summed E-state index contributed by atoms with van der Waals surface area (Å²) in [7, 11) is 0. The lowest BCUT2D eigenvalue weighted by atomic mass is 9.82. The molecular formula is C15H20F3NO2. The number of hydrogen-bond donors (Lipinski definition) is 2. The minimum Gasteiger partial charge on any atom is -0.394 e. The van der Waals surface area contributed by atoms with E-state index in [9.17, 15) is 18.0 Å². The quantitative estimate of drug-likeness (QED) is 0.879. The highest BCUT2D eigenvalue weighted by molar-refractivity contribution is 5.87. The van der Waals surface area contributed by atoms with Gasteiger partial charge < -0.3 is 10.4 Å². The summed E-state index contributed by atoms with van der Waals surface area (Å²) in [6.45, 7) is 4.71. The molecule has 1 rings (SSSR count). The van der Waals surface area contributed by atoms with Crippen LogP contribution in [0.4, 0.5) is 13.2 Å². The highest BCUT2D eigenvalue weighted by Crippen LogP contribution is 2.32. The second-order valence-corrected chi connectivity index (χ2v) is 5.46. The van der Waals surface area contributed by atoms with Crippen molar-refractivity contribution >= 4 is 5.91 Å². The van der Waals surface area contributed by atoms with E-state index < -0.39 is 29.1 Å². The van der Waals surface area contributed by atoms with E-state index in [4.69, 9.17) is 5.11 Å². The Morgan fingerprint density at radius 3 is 2.33 bits per heavy atom. The van der Waals surface area contributed by atoms with E-state index in [1.54, 1.807) is 20.8 Å². The predicted molar refractivity (Wildman–Crippen MR) is 73.8 cm³/mol. The van der Waals surface area contributed by atoms with E-state index in [0.717, 1.165) is 12.1 Å². The highest BCUT2D eigenvalue weighted by Gasteiger charge is 2.35. The zero-order chi connectivity index (χ0) is 16.3. The monoisotopic (exact) mass is 303 g/mol. The Kier molecular flexibility index (Phi) is 5.39. The maximum absolute atomic E-state index is 12.7.